The Morgan fingerprint density at radius 3 is 2.62 bits per heavy atom. The number of nitrogens with two attached hydrogens (primary N) is 1. The minimum absolute atomic E-state index is 0.270. The van der Waals surface area contributed by atoms with Crippen LogP contribution in [0.4, 0.5) is 4.39 Å². The number of amides is 1. The summed E-state index contributed by atoms with van der Waals surface area (Å²) >= 11 is 7.73. The number of benzene rings is 2. The Morgan fingerprint density at radius 1 is 1.19 bits per heavy atom. The molecule has 32 heavy (non-hydrogen) atoms. The highest BCUT2D eigenvalue weighted by Gasteiger charge is 2.42. The van der Waals surface area contributed by atoms with Gasteiger partial charge in [0, 0.05) is 17.0 Å². The molecule has 0 spiro atoms. The van der Waals surface area contributed by atoms with Crippen LogP contribution in [-0.4, -0.2) is 20.4 Å². The number of halogens is 2. The summed E-state index contributed by atoms with van der Waals surface area (Å²) in [5, 5.41) is 1.10. The summed E-state index contributed by atoms with van der Waals surface area (Å²) in [5.41, 5.74) is 8.12. The number of imidazole rings is 1. The van der Waals surface area contributed by atoms with Crippen molar-refractivity contribution in [3.05, 3.63) is 88.3 Å². The second kappa shape index (κ2) is 8.92. The molecular formula is C24H22ClFN4OS. The maximum atomic E-state index is 13.2. The van der Waals surface area contributed by atoms with E-state index in [-0.39, 0.29) is 5.82 Å². The largest absolute Gasteiger partial charge is 0.367 e. The van der Waals surface area contributed by atoms with Gasteiger partial charge in [-0.05, 0) is 66.4 Å². The molecule has 164 valence electrons. The van der Waals surface area contributed by atoms with Gasteiger partial charge in [0.1, 0.15) is 17.1 Å². The van der Waals surface area contributed by atoms with E-state index < -0.39 is 11.4 Å². The molecule has 0 bridgehead atoms. The highest BCUT2D eigenvalue weighted by molar-refractivity contribution is 7.98. The Balaban J connectivity index is 1.79. The molecule has 2 aromatic rings. The van der Waals surface area contributed by atoms with E-state index in [4.69, 9.17) is 22.3 Å². The standard InChI is InChI=1S/C24H22ClFN4OS/c1-3-24(22(27)31,19-13-17(25)9-6-15(19)2)30-12-4-5-20-21(30)29-23(28-20)32-14-16-7-10-18(26)11-8-16/h4-13H,3,14H2,1-2H3,(H2,27,31). The number of aromatic nitrogens is 3. The molecule has 0 fully saturated rings. The van der Waals surface area contributed by atoms with Crippen LogP contribution >= 0.6 is 23.4 Å². The number of thioether (sulfide) groups is 1. The zero-order valence-electron chi connectivity index (χ0n) is 17.7. The molecule has 2 heterocycles. The Morgan fingerprint density at radius 2 is 1.94 bits per heavy atom. The first-order valence-corrected chi connectivity index (χ1v) is 11.5. The van der Waals surface area contributed by atoms with Crippen LogP contribution in [0.5, 0.6) is 0 Å². The first-order chi connectivity index (χ1) is 15.3. The molecule has 4 rings (SSSR count). The van der Waals surface area contributed by atoms with E-state index >= 15 is 0 Å². The van der Waals surface area contributed by atoms with Crippen LogP contribution < -0.4 is 5.73 Å². The predicted molar refractivity (Wildman–Crippen MR) is 125 cm³/mol. The fourth-order valence-corrected chi connectivity index (χ4v) is 4.94. The Hall–Kier alpha value is -2.90. The molecule has 5 nitrogen and oxygen atoms in total. The second-order valence-electron chi connectivity index (χ2n) is 7.55. The SMILES string of the molecule is CCC(C(N)=O)(c1cc(Cl)ccc1C)n1cccc2nc(SCc3ccc(F)cc3)nc1-2. The summed E-state index contributed by atoms with van der Waals surface area (Å²) < 4.78 is 15.0. The van der Waals surface area contributed by atoms with Crippen LogP contribution in [0.3, 0.4) is 0 Å². The van der Waals surface area contributed by atoms with E-state index in [9.17, 15) is 9.18 Å². The molecule has 2 aliphatic heterocycles. The number of hydrogen-bond donors (Lipinski definition) is 1. The van der Waals surface area contributed by atoms with E-state index in [2.05, 4.69) is 4.98 Å². The third kappa shape index (κ3) is 3.98. The lowest BCUT2D eigenvalue weighted by Crippen LogP contribution is -2.48. The van der Waals surface area contributed by atoms with E-state index in [1.54, 1.807) is 35.0 Å². The monoisotopic (exact) mass is 468 g/mol. The second-order valence-corrected chi connectivity index (χ2v) is 8.92. The van der Waals surface area contributed by atoms with E-state index in [0.717, 1.165) is 16.7 Å². The topological polar surface area (TPSA) is 73.8 Å². The summed E-state index contributed by atoms with van der Waals surface area (Å²) in [6, 6.07) is 15.5. The van der Waals surface area contributed by atoms with Crippen molar-refractivity contribution in [2.45, 2.75) is 36.7 Å². The summed E-state index contributed by atoms with van der Waals surface area (Å²) in [6.07, 6.45) is 2.22. The number of fused-ring (bicyclic) bond motifs is 1. The highest BCUT2D eigenvalue weighted by Crippen LogP contribution is 2.38. The van der Waals surface area contributed by atoms with Crippen molar-refractivity contribution in [1.82, 2.24) is 14.5 Å². The minimum atomic E-state index is -1.17. The molecular weight excluding hydrogens is 447 g/mol. The average molecular weight is 469 g/mol. The zero-order valence-corrected chi connectivity index (χ0v) is 19.3. The van der Waals surface area contributed by atoms with Crippen LogP contribution in [0.2, 0.25) is 5.02 Å². The summed E-state index contributed by atoms with van der Waals surface area (Å²) in [5.74, 6) is 0.396. The summed E-state index contributed by atoms with van der Waals surface area (Å²) in [4.78, 5) is 22.3. The van der Waals surface area contributed by atoms with Crippen LogP contribution in [-0.2, 0) is 16.1 Å². The first-order valence-electron chi connectivity index (χ1n) is 10.1. The van der Waals surface area contributed by atoms with Crippen molar-refractivity contribution in [3.8, 4) is 11.5 Å². The molecule has 8 heteroatoms. The molecule has 0 aromatic heterocycles. The third-order valence-corrected chi connectivity index (χ3v) is 6.77. The number of aryl methyl sites for hydroxylation is 1. The Bertz CT molecular complexity index is 1240. The van der Waals surface area contributed by atoms with Gasteiger partial charge in [-0.1, -0.05) is 48.5 Å². The van der Waals surface area contributed by atoms with Gasteiger partial charge in [0.2, 0.25) is 5.91 Å². The number of carbonyl (C=O) groups excluding carboxylic acids is 1. The van der Waals surface area contributed by atoms with Gasteiger partial charge >= 0.3 is 0 Å². The smallest absolute Gasteiger partial charge is 0.248 e. The maximum Gasteiger partial charge on any atom is 0.248 e. The molecule has 1 amide bonds. The molecule has 2 aromatic carbocycles. The van der Waals surface area contributed by atoms with Gasteiger partial charge in [-0.15, -0.1) is 0 Å². The molecule has 0 aliphatic carbocycles. The van der Waals surface area contributed by atoms with Crippen molar-refractivity contribution in [2.24, 2.45) is 5.73 Å². The van der Waals surface area contributed by atoms with Gasteiger partial charge in [-0.25, -0.2) is 14.4 Å². The number of carbonyl (C=O) groups is 1. The van der Waals surface area contributed by atoms with Gasteiger partial charge in [-0.2, -0.15) is 0 Å². The molecule has 0 saturated heterocycles. The fraction of sp³-hybridized carbons (Fsp3) is 0.208. The van der Waals surface area contributed by atoms with Crippen molar-refractivity contribution >= 4 is 29.3 Å². The van der Waals surface area contributed by atoms with E-state index in [1.165, 1.54) is 23.9 Å². The maximum absolute atomic E-state index is 13.2. The van der Waals surface area contributed by atoms with Gasteiger partial charge in [0.05, 0.1) is 0 Å². The molecule has 0 saturated carbocycles. The predicted octanol–water partition coefficient (Wildman–Crippen LogP) is 5.42. The zero-order chi connectivity index (χ0) is 22.9. The number of primary amides is 1. The fourth-order valence-electron chi connectivity index (χ4n) is 3.96. The summed E-state index contributed by atoms with van der Waals surface area (Å²) in [7, 11) is 0. The first kappa shape index (κ1) is 22.3. The van der Waals surface area contributed by atoms with Gasteiger partial charge < -0.3 is 10.3 Å². The van der Waals surface area contributed by atoms with Gasteiger partial charge in [0.25, 0.3) is 0 Å². The molecule has 1 unspecified atom stereocenters. The quantitative estimate of drug-likeness (QED) is 0.368. The average Bonchev–Trinajstić information content (AvgIpc) is 3.20. The van der Waals surface area contributed by atoms with Crippen molar-refractivity contribution in [2.75, 3.05) is 0 Å². The molecule has 2 aliphatic rings. The number of nitrogens with zero attached hydrogens (tertiary/aromatic N) is 3. The summed E-state index contributed by atoms with van der Waals surface area (Å²) in [6.45, 7) is 3.85. The number of pyridine rings is 1. The molecule has 1 atom stereocenters. The molecule has 0 radical (unpaired) electrons. The normalized spacial score (nSPS) is 13.2. The van der Waals surface area contributed by atoms with Gasteiger partial charge in [0.15, 0.2) is 11.0 Å². The van der Waals surface area contributed by atoms with Gasteiger partial charge in [-0.3, -0.25) is 4.79 Å². The number of rotatable bonds is 7. The minimum Gasteiger partial charge on any atom is -0.367 e. The third-order valence-electron chi connectivity index (χ3n) is 5.62. The van der Waals surface area contributed by atoms with Crippen LogP contribution in [0.1, 0.15) is 30.0 Å². The van der Waals surface area contributed by atoms with Crippen LogP contribution in [0, 0.1) is 12.7 Å². The van der Waals surface area contributed by atoms with Crippen molar-refractivity contribution in [1.29, 1.82) is 0 Å². The Kier molecular flexibility index (Phi) is 6.22. The van der Waals surface area contributed by atoms with Crippen LogP contribution in [0.25, 0.3) is 11.5 Å². The lowest BCUT2D eigenvalue weighted by molar-refractivity contribution is -0.124. The van der Waals surface area contributed by atoms with Crippen molar-refractivity contribution in [3.63, 3.8) is 0 Å². The highest BCUT2D eigenvalue weighted by atomic mass is 35.5. The van der Waals surface area contributed by atoms with E-state index in [0.29, 0.717) is 33.9 Å². The van der Waals surface area contributed by atoms with Crippen molar-refractivity contribution < 1.29 is 9.18 Å². The Labute approximate surface area is 195 Å². The number of hydrogen-bond acceptors (Lipinski definition) is 4. The molecule has 2 N–H and O–H groups in total. The van der Waals surface area contributed by atoms with Crippen LogP contribution in [0.15, 0.2) is 66.0 Å². The lowest BCUT2D eigenvalue weighted by atomic mass is 9.83. The lowest BCUT2D eigenvalue weighted by Gasteiger charge is -2.35. The van der Waals surface area contributed by atoms with E-state index in [1.807, 2.05) is 32.0 Å².